The summed E-state index contributed by atoms with van der Waals surface area (Å²) in [6, 6.07) is 11.7. The number of oxazole rings is 1. The predicted molar refractivity (Wildman–Crippen MR) is 117 cm³/mol. The molecule has 0 bridgehead atoms. The van der Waals surface area contributed by atoms with Crippen LogP contribution in [0.15, 0.2) is 56.5 Å². The molecule has 0 spiro atoms. The fourth-order valence-electron chi connectivity index (χ4n) is 2.94. The van der Waals surface area contributed by atoms with E-state index in [1.165, 1.54) is 5.56 Å². The van der Waals surface area contributed by atoms with Crippen molar-refractivity contribution in [2.45, 2.75) is 39.7 Å². The van der Waals surface area contributed by atoms with E-state index in [0.717, 1.165) is 23.6 Å². The minimum atomic E-state index is -1.17. The Kier molecular flexibility index (Phi) is 6.95. The summed E-state index contributed by atoms with van der Waals surface area (Å²) in [4.78, 5) is 9.06. The zero-order valence-electron chi connectivity index (χ0n) is 18.0. The molecule has 0 fully saturated rings. The van der Waals surface area contributed by atoms with E-state index in [1.54, 1.807) is 19.3 Å². The number of aryl methyl sites for hydroxylation is 2. The van der Waals surface area contributed by atoms with Crippen LogP contribution in [0.1, 0.15) is 36.6 Å². The van der Waals surface area contributed by atoms with Crippen LogP contribution in [0.3, 0.4) is 0 Å². The Morgan fingerprint density at radius 3 is 2.57 bits per heavy atom. The Balaban J connectivity index is 1.56. The Hall–Kier alpha value is -3.06. The Morgan fingerprint density at radius 2 is 1.90 bits per heavy atom. The smallest absolute Gasteiger partial charge is 0.226 e. The van der Waals surface area contributed by atoms with E-state index >= 15 is 0 Å². The molecule has 0 saturated carbocycles. The molecule has 1 unspecified atom stereocenters. The number of benzene rings is 1. The van der Waals surface area contributed by atoms with Crippen molar-refractivity contribution >= 4 is 5.96 Å². The van der Waals surface area contributed by atoms with Gasteiger partial charge in [0.25, 0.3) is 0 Å². The number of aromatic nitrogens is 1. The third kappa shape index (κ3) is 5.73. The topological polar surface area (TPSA) is 95.8 Å². The summed E-state index contributed by atoms with van der Waals surface area (Å²) in [5.41, 5.74) is 1.86. The van der Waals surface area contributed by atoms with Gasteiger partial charge in [0.2, 0.25) is 5.89 Å². The Bertz CT molecular complexity index is 971. The maximum Gasteiger partial charge on any atom is 0.226 e. The monoisotopic (exact) mass is 410 g/mol. The lowest BCUT2D eigenvalue weighted by molar-refractivity contribution is 0.0428. The summed E-state index contributed by atoms with van der Waals surface area (Å²) in [6.45, 7) is 9.12. The van der Waals surface area contributed by atoms with Crippen molar-refractivity contribution in [1.82, 2.24) is 15.6 Å². The number of nitrogens with zero attached hydrogens (tertiary/aromatic N) is 2. The second-order valence-corrected chi connectivity index (χ2v) is 7.57. The third-order valence-electron chi connectivity index (χ3n) is 4.68. The third-order valence-corrected chi connectivity index (χ3v) is 4.68. The molecule has 0 aliphatic rings. The molecule has 1 aromatic carbocycles. The van der Waals surface area contributed by atoms with Crippen molar-refractivity contribution in [3.8, 4) is 11.5 Å². The highest BCUT2D eigenvalue weighted by atomic mass is 16.4. The molecule has 30 heavy (non-hydrogen) atoms. The van der Waals surface area contributed by atoms with Gasteiger partial charge in [-0.2, -0.15) is 0 Å². The highest BCUT2D eigenvalue weighted by molar-refractivity contribution is 5.79. The van der Waals surface area contributed by atoms with Gasteiger partial charge in [0.15, 0.2) is 5.96 Å². The highest BCUT2D eigenvalue weighted by Gasteiger charge is 2.26. The van der Waals surface area contributed by atoms with Crippen LogP contribution in [-0.4, -0.2) is 35.7 Å². The number of hydrogen-bond acceptors (Lipinski definition) is 5. The van der Waals surface area contributed by atoms with Gasteiger partial charge < -0.3 is 24.6 Å². The molecule has 0 amide bonds. The maximum absolute atomic E-state index is 10.7. The van der Waals surface area contributed by atoms with Crippen LogP contribution < -0.4 is 10.6 Å². The van der Waals surface area contributed by atoms with E-state index in [4.69, 9.17) is 8.83 Å². The molecule has 7 heteroatoms. The van der Waals surface area contributed by atoms with Gasteiger partial charge in [-0.3, -0.25) is 0 Å². The number of aliphatic imine (C=N–C) groups is 1. The molecule has 3 rings (SSSR count). The summed E-state index contributed by atoms with van der Waals surface area (Å²) in [6.07, 6.45) is 2.37. The summed E-state index contributed by atoms with van der Waals surface area (Å²) >= 11 is 0. The van der Waals surface area contributed by atoms with Gasteiger partial charge in [-0.1, -0.05) is 17.7 Å². The molecule has 2 heterocycles. The van der Waals surface area contributed by atoms with Crippen LogP contribution in [0.4, 0.5) is 0 Å². The molecule has 0 saturated heterocycles. The molecule has 0 radical (unpaired) electrons. The van der Waals surface area contributed by atoms with Gasteiger partial charge >= 0.3 is 0 Å². The first kappa shape index (κ1) is 21.6. The van der Waals surface area contributed by atoms with Gasteiger partial charge in [0.1, 0.15) is 23.4 Å². The summed E-state index contributed by atoms with van der Waals surface area (Å²) < 4.78 is 11.2. The molecule has 7 nitrogen and oxygen atoms in total. The van der Waals surface area contributed by atoms with E-state index in [2.05, 4.69) is 27.5 Å². The van der Waals surface area contributed by atoms with E-state index in [1.807, 2.05) is 44.2 Å². The van der Waals surface area contributed by atoms with Crippen LogP contribution in [0, 0.1) is 13.8 Å². The zero-order chi connectivity index (χ0) is 21.6. The first-order valence-corrected chi connectivity index (χ1v) is 10.2. The second kappa shape index (κ2) is 9.63. The van der Waals surface area contributed by atoms with Crippen LogP contribution in [0.5, 0.6) is 0 Å². The first-order chi connectivity index (χ1) is 14.4. The number of guanidine groups is 1. The fraction of sp³-hybridized carbons (Fsp3) is 0.391. The van der Waals surface area contributed by atoms with E-state index in [-0.39, 0.29) is 6.54 Å². The average molecular weight is 411 g/mol. The molecular weight excluding hydrogens is 380 g/mol. The summed E-state index contributed by atoms with van der Waals surface area (Å²) in [7, 11) is 0. The van der Waals surface area contributed by atoms with Gasteiger partial charge in [-0.05, 0) is 52.0 Å². The number of rotatable bonds is 8. The predicted octanol–water partition coefficient (Wildman–Crippen LogP) is 3.56. The minimum Gasteiger partial charge on any atom is -0.463 e. The second-order valence-electron chi connectivity index (χ2n) is 7.57. The largest absolute Gasteiger partial charge is 0.463 e. The number of nitrogens with one attached hydrogen (secondary N) is 2. The van der Waals surface area contributed by atoms with Gasteiger partial charge in [0.05, 0.1) is 12.2 Å². The van der Waals surface area contributed by atoms with E-state index in [0.29, 0.717) is 30.6 Å². The molecule has 0 aliphatic heterocycles. The van der Waals surface area contributed by atoms with Crippen molar-refractivity contribution in [3.05, 3.63) is 65.4 Å². The SMILES string of the molecule is CCNC(=NCC(C)(O)c1ccc(C)o1)NCCc1coc(-c2ccc(C)cc2)n1. The Labute approximate surface area is 177 Å². The average Bonchev–Trinajstić information content (AvgIpc) is 3.36. The molecule has 160 valence electrons. The number of hydrogen-bond donors (Lipinski definition) is 3. The standard InChI is InChI=1S/C23H30N4O3/c1-5-24-22(26-15-23(4,28)20-11-8-17(3)30-20)25-13-12-19-14-29-21(27-19)18-9-6-16(2)7-10-18/h6-11,14,28H,5,12-13,15H2,1-4H3,(H2,24,25,26). The maximum atomic E-state index is 10.7. The minimum absolute atomic E-state index is 0.177. The number of furan rings is 1. The van der Waals surface area contributed by atoms with Crippen LogP contribution >= 0.6 is 0 Å². The fourth-order valence-corrected chi connectivity index (χ4v) is 2.94. The van der Waals surface area contributed by atoms with Gasteiger partial charge in [-0.25, -0.2) is 9.98 Å². The lowest BCUT2D eigenvalue weighted by Crippen LogP contribution is -2.39. The zero-order valence-corrected chi connectivity index (χ0v) is 18.0. The van der Waals surface area contributed by atoms with Gasteiger partial charge in [0, 0.05) is 25.1 Å². The molecule has 0 aliphatic carbocycles. The molecule has 1 atom stereocenters. The normalized spacial score (nSPS) is 13.8. The van der Waals surface area contributed by atoms with Crippen molar-refractivity contribution in [3.63, 3.8) is 0 Å². The van der Waals surface area contributed by atoms with Gasteiger partial charge in [-0.15, -0.1) is 0 Å². The molecule has 3 aromatic rings. The number of aliphatic hydroxyl groups is 1. The van der Waals surface area contributed by atoms with Crippen LogP contribution in [-0.2, 0) is 12.0 Å². The lowest BCUT2D eigenvalue weighted by Gasteiger charge is -2.19. The van der Waals surface area contributed by atoms with E-state index in [9.17, 15) is 5.11 Å². The molecular formula is C23H30N4O3. The summed E-state index contributed by atoms with van der Waals surface area (Å²) in [5.74, 6) is 2.52. The summed E-state index contributed by atoms with van der Waals surface area (Å²) in [5, 5.41) is 17.1. The van der Waals surface area contributed by atoms with Crippen molar-refractivity contribution < 1.29 is 13.9 Å². The van der Waals surface area contributed by atoms with Crippen LogP contribution in [0.25, 0.3) is 11.5 Å². The highest BCUT2D eigenvalue weighted by Crippen LogP contribution is 2.23. The lowest BCUT2D eigenvalue weighted by atomic mass is 10.0. The molecule has 2 aromatic heterocycles. The van der Waals surface area contributed by atoms with Crippen LogP contribution in [0.2, 0.25) is 0 Å². The van der Waals surface area contributed by atoms with Crippen molar-refractivity contribution in [2.75, 3.05) is 19.6 Å². The first-order valence-electron chi connectivity index (χ1n) is 10.2. The molecule has 3 N–H and O–H groups in total. The van der Waals surface area contributed by atoms with Crippen molar-refractivity contribution in [1.29, 1.82) is 0 Å². The Morgan fingerprint density at radius 1 is 1.13 bits per heavy atom. The van der Waals surface area contributed by atoms with Crippen molar-refractivity contribution in [2.24, 2.45) is 4.99 Å². The quantitative estimate of drug-likeness (QED) is 0.388. The van der Waals surface area contributed by atoms with E-state index < -0.39 is 5.60 Å².